The minimum absolute atomic E-state index is 0.0882. The average molecular weight is 283 g/mol. The molecule has 2 heterocycles. The van der Waals surface area contributed by atoms with Gasteiger partial charge in [-0.1, -0.05) is 31.2 Å². The summed E-state index contributed by atoms with van der Waals surface area (Å²) in [6.07, 6.45) is 6.03. The second-order valence-corrected chi connectivity index (χ2v) is 5.66. The van der Waals surface area contributed by atoms with Crippen molar-refractivity contribution in [2.75, 3.05) is 12.3 Å². The fourth-order valence-corrected chi connectivity index (χ4v) is 3.23. The Morgan fingerprint density at radius 3 is 2.86 bits per heavy atom. The number of carbonyl (C=O) groups excluding carboxylic acids is 1. The van der Waals surface area contributed by atoms with Crippen LogP contribution in [0.2, 0.25) is 0 Å². The Hall–Kier alpha value is -2.10. The summed E-state index contributed by atoms with van der Waals surface area (Å²) < 4.78 is 0. The quantitative estimate of drug-likeness (QED) is 0.920. The van der Waals surface area contributed by atoms with Gasteiger partial charge in [0.25, 0.3) is 5.91 Å². The molecule has 1 amide bonds. The number of amides is 1. The number of pyridine rings is 1. The first-order chi connectivity index (χ1) is 10.2. The molecule has 1 aromatic heterocycles. The summed E-state index contributed by atoms with van der Waals surface area (Å²) in [6.45, 7) is 2.99. The fourth-order valence-electron chi connectivity index (χ4n) is 3.23. The lowest BCUT2D eigenvalue weighted by molar-refractivity contribution is 0.0610. The van der Waals surface area contributed by atoms with Gasteiger partial charge in [-0.3, -0.25) is 4.79 Å². The Morgan fingerprint density at radius 2 is 2.10 bits per heavy atom. The van der Waals surface area contributed by atoms with E-state index < -0.39 is 0 Å². The molecule has 2 N–H and O–H groups in total. The van der Waals surface area contributed by atoms with Crippen LogP contribution in [0.15, 0.2) is 30.5 Å². The number of nitrogen functional groups attached to an aromatic ring is 1. The van der Waals surface area contributed by atoms with Crippen LogP contribution in [0.4, 0.5) is 5.82 Å². The van der Waals surface area contributed by atoms with E-state index in [9.17, 15) is 4.79 Å². The number of fused-ring (bicyclic) bond motifs is 1. The summed E-state index contributed by atoms with van der Waals surface area (Å²) in [6, 6.07) is 8.08. The van der Waals surface area contributed by atoms with Crippen molar-refractivity contribution in [3.63, 3.8) is 0 Å². The third-order valence-electron chi connectivity index (χ3n) is 4.42. The van der Waals surface area contributed by atoms with Gasteiger partial charge in [0.2, 0.25) is 0 Å². The van der Waals surface area contributed by atoms with Crippen LogP contribution < -0.4 is 5.73 Å². The van der Waals surface area contributed by atoms with Crippen molar-refractivity contribution in [3.05, 3.63) is 36.0 Å². The Labute approximate surface area is 125 Å². The highest BCUT2D eigenvalue weighted by molar-refractivity contribution is 6.09. The number of nitrogens with two attached hydrogens (primary N) is 1. The predicted molar refractivity (Wildman–Crippen MR) is 85.1 cm³/mol. The van der Waals surface area contributed by atoms with Crippen LogP contribution in [0.25, 0.3) is 10.8 Å². The number of hydrogen-bond acceptors (Lipinski definition) is 3. The van der Waals surface area contributed by atoms with Gasteiger partial charge >= 0.3 is 0 Å². The highest BCUT2D eigenvalue weighted by Gasteiger charge is 2.27. The molecule has 0 aliphatic carbocycles. The zero-order chi connectivity index (χ0) is 14.8. The first-order valence-corrected chi connectivity index (χ1v) is 7.66. The van der Waals surface area contributed by atoms with Gasteiger partial charge in [0.15, 0.2) is 0 Å². The monoisotopic (exact) mass is 283 g/mol. The van der Waals surface area contributed by atoms with Crippen LogP contribution in [0.1, 0.15) is 43.0 Å². The topological polar surface area (TPSA) is 59.2 Å². The summed E-state index contributed by atoms with van der Waals surface area (Å²) in [5.74, 6) is 0.568. The maximum Gasteiger partial charge on any atom is 0.256 e. The zero-order valence-electron chi connectivity index (χ0n) is 12.4. The Balaban J connectivity index is 2.03. The molecule has 0 spiro atoms. The maximum atomic E-state index is 12.9. The fraction of sp³-hybridized carbons (Fsp3) is 0.412. The minimum Gasteiger partial charge on any atom is -0.383 e. The van der Waals surface area contributed by atoms with E-state index in [1.165, 1.54) is 6.42 Å². The van der Waals surface area contributed by atoms with Crippen molar-refractivity contribution in [1.82, 2.24) is 9.88 Å². The van der Waals surface area contributed by atoms with Gasteiger partial charge in [-0.05, 0) is 31.1 Å². The van der Waals surface area contributed by atoms with E-state index in [-0.39, 0.29) is 5.91 Å². The molecule has 4 heteroatoms. The summed E-state index contributed by atoms with van der Waals surface area (Å²) in [4.78, 5) is 19.2. The molecule has 1 unspecified atom stereocenters. The number of anilines is 1. The molecule has 1 aliphatic rings. The second kappa shape index (κ2) is 5.72. The van der Waals surface area contributed by atoms with Crippen LogP contribution in [0, 0.1) is 0 Å². The smallest absolute Gasteiger partial charge is 0.256 e. The Bertz CT molecular complexity index is 668. The number of carbonyl (C=O) groups is 1. The molecule has 1 saturated heterocycles. The molecule has 0 saturated carbocycles. The molecule has 1 aliphatic heterocycles. The standard InChI is InChI=1S/C17H21N3O/c1-2-12-7-5-6-10-20(12)17(21)15-11-19-16(18)14-9-4-3-8-13(14)15/h3-4,8-9,11-12H,2,5-7,10H2,1H3,(H2,18,19). The molecule has 2 aromatic rings. The van der Waals surface area contributed by atoms with E-state index in [1.54, 1.807) is 6.20 Å². The second-order valence-electron chi connectivity index (χ2n) is 5.66. The Kier molecular flexibility index (Phi) is 3.78. The summed E-state index contributed by atoms with van der Waals surface area (Å²) in [5.41, 5.74) is 6.59. The van der Waals surface area contributed by atoms with Crippen molar-refractivity contribution in [2.45, 2.75) is 38.6 Å². The van der Waals surface area contributed by atoms with Crippen molar-refractivity contribution >= 4 is 22.5 Å². The van der Waals surface area contributed by atoms with Crippen LogP contribution in [0.5, 0.6) is 0 Å². The number of hydrogen-bond donors (Lipinski definition) is 1. The highest BCUT2D eigenvalue weighted by atomic mass is 16.2. The van der Waals surface area contributed by atoms with E-state index in [0.717, 1.165) is 36.6 Å². The number of likely N-dealkylation sites (tertiary alicyclic amines) is 1. The van der Waals surface area contributed by atoms with Gasteiger partial charge in [-0.15, -0.1) is 0 Å². The first-order valence-electron chi connectivity index (χ1n) is 7.66. The number of benzene rings is 1. The van der Waals surface area contributed by atoms with Crippen LogP contribution >= 0.6 is 0 Å². The van der Waals surface area contributed by atoms with Gasteiger partial charge in [0.05, 0.1) is 5.56 Å². The largest absolute Gasteiger partial charge is 0.383 e. The molecular weight excluding hydrogens is 262 g/mol. The number of rotatable bonds is 2. The minimum atomic E-state index is 0.0882. The van der Waals surface area contributed by atoms with E-state index in [0.29, 0.717) is 17.4 Å². The lowest BCUT2D eigenvalue weighted by Crippen LogP contribution is -2.43. The zero-order valence-corrected chi connectivity index (χ0v) is 12.4. The van der Waals surface area contributed by atoms with Gasteiger partial charge in [0, 0.05) is 24.2 Å². The van der Waals surface area contributed by atoms with Crippen molar-refractivity contribution < 1.29 is 4.79 Å². The number of piperidine rings is 1. The van der Waals surface area contributed by atoms with E-state index in [2.05, 4.69) is 11.9 Å². The summed E-state index contributed by atoms with van der Waals surface area (Å²) in [5, 5.41) is 1.75. The maximum absolute atomic E-state index is 12.9. The molecule has 21 heavy (non-hydrogen) atoms. The van der Waals surface area contributed by atoms with Crippen LogP contribution in [-0.4, -0.2) is 28.4 Å². The van der Waals surface area contributed by atoms with Crippen LogP contribution in [-0.2, 0) is 0 Å². The normalized spacial score (nSPS) is 18.9. The molecule has 110 valence electrons. The summed E-state index contributed by atoms with van der Waals surface area (Å²) in [7, 11) is 0. The van der Waals surface area contributed by atoms with E-state index in [1.807, 2.05) is 29.2 Å². The SMILES string of the molecule is CCC1CCCCN1C(=O)c1cnc(N)c2ccccc12. The third-order valence-corrected chi connectivity index (χ3v) is 4.42. The Morgan fingerprint density at radius 1 is 1.33 bits per heavy atom. The van der Waals surface area contributed by atoms with Gasteiger partial charge in [-0.2, -0.15) is 0 Å². The van der Waals surface area contributed by atoms with Gasteiger partial charge in [0.1, 0.15) is 5.82 Å². The molecular formula is C17H21N3O. The van der Waals surface area contributed by atoms with Crippen molar-refractivity contribution in [1.29, 1.82) is 0 Å². The molecule has 4 nitrogen and oxygen atoms in total. The highest BCUT2D eigenvalue weighted by Crippen LogP contribution is 2.27. The molecule has 1 aromatic carbocycles. The number of nitrogens with zero attached hydrogens (tertiary/aromatic N) is 2. The van der Waals surface area contributed by atoms with Crippen molar-refractivity contribution in [3.8, 4) is 0 Å². The van der Waals surface area contributed by atoms with E-state index in [4.69, 9.17) is 5.73 Å². The lowest BCUT2D eigenvalue weighted by Gasteiger charge is -2.35. The van der Waals surface area contributed by atoms with Gasteiger partial charge in [-0.25, -0.2) is 4.98 Å². The average Bonchev–Trinajstić information content (AvgIpc) is 2.55. The molecule has 1 fully saturated rings. The first kappa shape index (κ1) is 13.9. The number of aromatic nitrogens is 1. The molecule has 0 radical (unpaired) electrons. The van der Waals surface area contributed by atoms with Crippen LogP contribution in [0.3, 0.4) is 0 Å². The molecule has 1 atom stereocenters. The molecule has 0 bridgehead atoms. The van der Waals surface area contributed by atoms with E-state index >= 15 is 0 Å². The predicted octanol–water partition coefficient (Wildman–Crippen LogP) is 3.22. The molecule has 3 rings (SSSR count). The van der Waals surface area contributed by atoms with Gasteiger partial charge < -0.3 is 10.6 Å². The summed E-state index contributed by atoms with van der Waals surface area (Å²) >= 11 is 0. The lowest BCUT2D eigenvalue weighted by atomic mass is 9.98. The third kappa shape index (κ3) is 2.46. The van der Waals surface area contributed by atoms with Crippen molar-refractivity contribution in [2.24, 2.45) is 0 Å².